The van der Waals surface area contributed by atoms with Crippen LogP contribution in [0.5, 0.6) is 0 Å². The van der Waals surface area contributed by atoms with Crippen LogP contribution in [0.2, 0.25) is 5.02 Å². The molecule has 0 aliphatic carbocycles. The molecule has 0 aromatic carbocycles. The van der Waals surface area contributed by atoms with Crippen LogP contribution in [-0.2, 0) is 17.4 Å². The molecule has 1 heterocycles. The van der Waals surface area contributed by atoms with Crippen molar-refractivity contribution in [2.45, 2.75) is 32.4 Å². The molecular formula is C11H11ClF3NO. The standard InChI is InChI=1S/C11H11ClF3NO/c1-2-3-8(17)5-10-9(12)4-7(6-16-10)11(13,14)15/h4,6H,2-3,5H2,1H3. The highest BCUT2D eigenvalue weighted by atomic mass is 35.5. The molecule has 0 unspecified atom stereocenters. The first-order valence-corrected chi connectivity index (χ1v) is 5.45. The van der Waals surface area contributed by atoms with Crippen LogP contribution >= 0.6 is 11.6 Å². The lowest BCUT2D eigenvalue weighted by Crippen LogP contribution is -2.09. The summed E-state index contributed by atoms with van der Waals surface area (Å²) in [6.45, 7) is 1.85. The van der Waals surface area contributed by atoms with Crippen LogP contribution in [0, 0.1) is 0 Å². The van der Waals surface area contributed by atoms with Gasteiger partial charge in [-0.1, -0.05) is 18.5 Å². The normalized spacial score (nSPS) is 11.6. The summed E-state index contributed by atoms with van der Waals surface area (Å²) in [5.41, 5.74) is -0.715. The Morgan fingerprint density at radius 2 is 2.12 bits per heavy atom. The van der Waals surface area contributed by atoms with E-state index in [0.29, 0.717) is 19.0 Å². The highest BCUT2D eigenvalue weighted by Gasteiger charge is 2.31. The minimum atomic E-state index is -4.47. The third-order valence-corrected chi connectivity index (χ3v) is 2.47. The maximum absolute atomic E-state index is 12.3. The molecule has 0 aliphatic rings. The van der Waals surface area contributed by atoms with Gasteiger partial charge in [0.1, 0.15) is 5.78 Å². The van der Waals surface area contributed by atoms with E-state index in [0.717, 1.165) is 6.07 Å². The average Bonchev–Trinajstić information content (AvgIpc) is 2.20. The van der Waals surface area contributed by atoms with E-state index in [1.54, 1.807) is 0 Å². The minimum absolute atomic E-state index is 0.0230. The van der Waals surface area contributed by atoms with E-state index in [-0.39, 0.29) is 22.9 Å². The first-order chi connectivity index (χ1) is 7.84. The lowest BCUT2D eigenvalue weighted by Gasteiger charge is -2.08. The summed E-state index contributed by atoms with van der Waals surface area (Å²) in [6, 6.07) is 0.795. The van der Waals surface area contributed by atoms with Gasteiger partial charge < -0.3 is 0 Å². The topological polar surface area (TPSA) is 30.0 Å². The van der Waals surface area contributed by atoms with Gasteiger partial charge in [-0.3, -0.25) is 9.78 Å². The number of pyridine rings is 1. The Labute approximate surface area is 102 Å². The van der Waals surface area contributed by atoms with Gasteiger partial charge in [0, 0.05) is 12.6 Å². The van der Waals surface area contributed by atoms with Crippen molar-refractivity contribution in [1.82, 2.24) is 4.98 Å². The number of carbonyl (C=O) groups excluding carboxylic acids is 1. The summed E-state index contributed by atoms with van der Waals surface area (Å²) >= 11 is 5.66. The molecule has 0 N–H and O–H groups in total. The van der Waals surface area contributed by atoms with E-state index in [4.69, 9.17) is 11.6 Å². The van der Waals surface area contributed by atoms with Crippen molar-refractivity contribution < 1.29 is 18.0 Å². The first-order valence-electron chi connectivity index (χ1n) is 5.08. The number of halogens is 4. The van der Waals surface area contributed by atoms with Crippen LogP contribution in [0.4, 0.5) is 13.2 Å². The lowest BCUT2D eigenvalue weighted by molar-refractivity contribution is -0.137. The van der Waals surface area contributed by atoms with Gasteiger partial charge in [-0.2, -0.15) is 13.2 Å². The van der Waals surface area contributed by atoms with Gasteiger partial charge >= 0.3 is 6.18 Å². The second-order valence-electron chi connectivity index (χ2n) is 3.62. The van der Waals surface area contributed by atoms with Crippen molar-refractivity contribution in [2.75, 3.05) is 0 Å². The predicted octanol–water partition coefficient (Wildman–Crippen LogP) is 3.67. The molecule has 1 aromatic rings. The van der Waals surface area contributed by atoms with Crippen molar-refractivity contribution >= 4 is 17.4 Å². The maximum atomic E-state index is 12.3. The summed E-state index contributed by atoms with van der Waals surface area (Å²) in [7, 11) is 0. The fourth-order valence-corrected chi connectivity index (χ4v) is 1.54. The van der Waals surface area contributed by atoms with Gasteiger partial charge in [0.05, 0.1) is 22.7 Å². The number of alkyl halides is 3. The van der Waals surface area contributed by atoms with E-state index in [9.17, 15) is 18.0 Å². The molecule has 1 aromatic heterocycles. The number of rotatable bonds is 4. The molecule has 94 valence electrons. The summed E-state index contributed by atoms with van der Waals surface area (Å²) in [5, 5.41) is -0.121. The van der Waals surface area contributed by atoms with Gasteiger partial charge in [0.15, 0.2) is 0 Å². The second kappa shape index (κ2) is 5.49. The average molecular weight is 266 g/mol. The van der Waals surface area contributed by atoms with Crippen molar-refractivity contribution in [3.05, 3.63) is 28.5 Å². The molecule has 0 radical (unpaired) electrons. The van der Waals surface area contributed by atoms with Crippen LogP contribution in [0.15, 0.2) is 12.3 Å². The first kappa shape index (κ1) is 14.0. The third kappa shape index (κ3) is 4.00. The van der Waals surface area contributed by atoms with Crippen LogP contribution in [0.3, 0.4) is 0 Å². The lowest BCUT2D eigenvalue weighted by atomic mass is 10.1. The number of hydrogen-bond donors (Lipinski definition) is 0. The van der Waals surface area contributed by atoms with Crippen LogP contribution in [0.25, 0.3) is 0 Å². The Hall–Kier alpha value is -1.10. The molecule has 1 rings (SSSR count). The number of hydrogen-bond acceptors (Lipinski definition) is 2. The molecule has 0 amide bonds. The Balaban J connectivity index is 2.87. The van der Waals surface area contributed by atoms with E-state index < -0.39 is 11.7 Å². The zero-order valence-electron chi connectivity index (χ0n) is 9.14. The summed E-state index contributed by atoms with van der Waals surface area (Å²) in [5.74, 6) is -0.0818. The third-order valence-electron chi connectivity index (χ3n) is 2.14. The predicted molar refractivity (Wildman–Crippen MR) is 57.9 cm³/mol. The fourth-order valence-electron chi connectivity index (χ4n) is 1.31. The smallest absolute Gasteiger partial charge is 0.299 e. The Kier molecular flexibility index (Phi) is 4.51. The van der Waals surface area contributed by atoms with Gasteiger partial charge in [0.25, 0.3) is 0 Å². The van der Waals surface area contributed by atoms with E-state index in [2.05, 4.69) is 4.98 Å². The number of Topliss-reactive ketones (excluding diaryl/α,β-unsaturated/α-hetero) is 1. The van der Waals surface area contributed by atoms with E-state index >= 15 is 0 Å². The van der Waals surface area contributed by atoms with Gasteiger partial charge in [-0.25, -0.2) is 0 Å². The molecule has 0 saturated heterocycles. The van der Waals surface area contributed by atoms with Gasteiger partial charge in [0.2, 0.25) is 0 Å². The van der Waals surface area contributed by atoms with Crippen molar-refractivity contribution in [2.24, 2.45) is 0 Å². The van der Waals surface area contributed by atoms with Crippen LogP contribution in [0.1, 0.15) is 31.0 Å². The molecule has 6 heteroatoms. The zero-order valence-corrected chi connectivity index (χ0v) is 9.90. The minimum Gasteiger partial charge on any atom is -0.299 e. The Morgan fingerprint density at radius 1 is 1.47 bits per heavy atom. The van der Waals surface area contributed by atoms with Crippen LogP contribution in [-0.4, -0.2) is 10.8 Å². The highest BCUT2D eigenvalue weighted by molar-refractivity contribution is 6.31. The molecular weight excluding hydrogens is 255 g/mol. The monoisotopic (exact) mass is 265 g/mol. The number of carbonyl (C=O) groups is 1. The molecule has 0 saturated carbocycles. The largest absolute Gasteiger partial charge is 0.417 e. The van der Waals surface area contributed by atoms with E-state index in [1.165, 1.54) is 0 Å². The number of aromatic nitrogens is 1. The summed E-state index contributed by atoms with van der Waals surface area (Å²) < 4.78 is 37.0. The SMILES string of the molecule is CCCC(=O)Cc1ncc(C(F)(F)F)cc1Cl. The Morgan fingerprint density at radius 3 is 2.59 bits per heavy atom. The molecule has 0 aliphatic heterocycles. The molecule has 0 fully saturated rings. The second-order valence-corrected chi connectivity index (χ2v) is 4.02. The summed E-state index contributed by atoms with van der Waals surface area (Å²) in [4.78, 5) is 14.9. The number of ketones is 1. The molecule has 0 atom stereocenters. The molecule has 2 nitrogen and oxygen atoms in total. The van der Waals surface area contributed by atoms with E-state index in [1.807, 2.05) is 6.92 Å². The van der Waals surface area contributed by atoms with Crippen molar-refractivity contribution in [3.63, 3.8) is 0 Å². The molecule has 0 bridgehead atoms. The zero-order chi connectivity index (χ0) is 13.1. The molecule has 0 spiro atoms. The van der Waals surface area contributed by atoms with Crippen molar-refractivity contribution in [3.8, 4) is 0 Å². The number of nitrogens with zero attached hydrogens (tertiary/aromatic N) is 1. The highest BCUT2D eigenvalue weighted by Crippen LogP contribution is 2.31. The quantitative estimate of drug-likeness (QED) is 0.831. The molecule has 17 heavy (non-hydrogen) atoms. The Bertz CT molecular complexity index is 418. The fraction of sp³-hybridized carbons (Fsp3) is 0.455. The maximum Gasteiger partial charge on any atom is 0.417 e. The summed E-state index contributed by atoms with van der Waals surface area (Å²) in [6.07, 6.45) is -2.73. The van der Waals surface area contributed by atoms with Gasteiger partial charge in [-0.15, -0.1) is 0 Å². The van der Waals surface area contributed by atoms with Gasteiger partial charge in [-0.05, 0) is 12.5 Å². The van der Waals surface area contributed by atoms with Crippen molar-refractivity contribution in [1.29, 1.82) is 0 Å². The van der Waals surface area contributed by atoms with Crippen LogP contribution < -0.4 is 0 Å².